The van der Waals surface area contributed by atoms with E-state index in [0.717, 1.165) is 36.0 Å². The first kappa shape index (κ1) is 18.5. The molecule has 0 unspecified atom stereocenters. The van der Waals surface area contributed by atoms with Crippen molar-refractivity contribution in [1.29, 1.82) is 0 Å². The molecule has 1 aromatic rings. The fourth-order valence-corrected chi connectivity index (χ4v) is 3.66. The average molecular weight is 404 g/mol. The smallest absolute Gasteiger partial charge is 0.239 e. The van der Waals surface area contributed by atoms with Gasteiger partial charge in [0, 0.05) is 35.8 Å². The molecular weight excluding hydrogens is 384 g/mol. The summed E-state index contributed by atoms with van der Waals surface area (Å²) in [5.74, 6) is 0.534. The predicted molar refractivity (Wildman–Crippen MR) is 95.9 cm³/mol. The molecule has 1 heterocycles. The van der Waals surface area contributed by atoms with Gasteiger partial charge in [-0.25, -0.2) is 8.78 Å². The SMILES string of the molecule is O=C(CSCCC(F)F)/C(=C/N1CCCC1)c1cccc(Br)c1. The lowest BCUT2D eigenvalue weighted by Crippen LogP contribution is -2.15. The number of likely N-dealkylation sites (tertiary alicyclic amines) is 1. The fourth-order valence-electron chi connectivity index (χ4n) is 2.43. The van der Waals surface area contributed by atoms with Gasteiger partial charge in [-0.15, -0.1) is 0 Å². The number of benzene rings is 1. The number of halogens is 3. The highest BCUT2D eigenvalue weighted by atomic mass is 79.9. The van der Waals surface area contributed by atoms with Gasteiger partial charge < -0.3 is 4.90 Å². The van der Waals surface area contributed by atoms with E-state index < -0.39 is 6.43 Å². The first-order valence-corrected chi connectivity index (χ1v) is 9.62. The zero-order chi connectivity index (χ0) is 16.7. The van der Waals surface area contributed by atoms with E-state index in [1.165, 1.54) is 11.8 Å². The highest BCUT2D eigenvalue weighted by molar-refractivity contribution is 9.10. The molecule has 0 aliphatic carbocycles. The van der Waals surface area contributed by atoms with Crippen molar-refractivity contribution in [3.8, 4) is 0 Å². The van der Waals surface area contributed by atoms with Crippen LogP contribution in [0.2, 0.25) is 0 Å². The van der Waals surface area contributed by atoms with Crippen LogP contribution in [0.3, 0.4) is 0 Å². The van der Waals surface area contributed by atoms with Gasteiger partial charge in [0.15, 0.2) is 5.78 Å². The van der Waals surface area contributed by atoms with E-state index in [-0.39, 0.29) is 18.0 Å². The van der Waals surface area contributed by atoms with E-state index in [9.17, 15) is 13.6 Å². The summed E-state index contributed by atoms with van der Waals surface area (Å²) in [6, 6.07) is 7.64. The van der Waals surface area contributed by atoms with Crippen LogP contribution in [-0.2, 0) is 4.79 Å². The zero-order valence-corrected chi connectivity index (χ0v) is 15.2. The molecule has 2 rings (SSSR count). The molecule has 0 bridgehead atoms. The first-order valence-electron chi connectivity index (χ1n) is 7.67. The van der Waals surface area contributed by atoms with Crippen LogP contribution in [0.25, 0.3) is 5.57 Å². The summed E-state index contributed by atoms with van der Waals surface area (Å²) < 4.78 is 25.3. The lowest BCUT2D eigenvalue weighted by molar-refractivity contribution is -0.111. The van der Waals surface area contributed by atoms with Crippen molar-refractivity contribution < 1.29 is 13.6 Å². The summed E-state index contributed by atoms with van der Waals surface area (Å²) in [5.41, 5.74) is 1.53. The molecule has 6 heteroatoms. The van der Waals surface area contributed by atoms with Crippen molar-refractivity contribution in [2.45, 2.75) is 25.7 Å². The molecule has 1 saturated heterocycles. The van der Waals surface area contributed by atoms with Crippen LogP contribution >= 0.6 is 27.7 Å². The Morgan fingerprint density at radius 3 is 2.74 bits per heavy atom. The fraction of sp³-hybridized carbons (Fsp3) is 0.471. The monoisotopic (exact) mass is 403 g/mol. The molecule has 1 fully saturated rings. The summed E-state index contributed by atoms with van der Waals surface area (Å²) >= 11 is 4.71. The van der Waals surface area contributed by atoms with Gasteiger partial charge in [0.05, 0.1) is 5.75 Å². The number of rotatable bonds is 8. The molecule has 0 amide bonds. The summed E-state index contributed by atoms with van der Waals surface area (Å²) in [4.78, 5) is 14.7. The maximum absolute atomic E-state index is 12.6. The van der Waals surface area contributed by atoms with Crippen LogP contribution in [0.4, 0.5) is 8.78 Å². The maximum atomic E-state index is 12.6. The molecule has 2 nitrogen and oxygen atoms in total. The van der Waals surface area contributed by atoms with Gasteiger partial charge in [0.2, 0.25) is 6.43 Å². The van der Waals surface area contributed by atoms with Gasteiger partial charge in [-0.2, -0.15) is 11.8 Å². The Bertz CT molecular complexity index is 559. The van der Waals surface area contributed by atoms with E-state index in [1.807, 2.05) is 30.5 Å². The number of ketones is 1. The molecule has 23 heavy (non-hydrogen) atoms. The normalized spacial score (nSPS) is 15.5. The molecule has 0 spiro atoms. The Morgan fingerprint density at radius 1 is 1.35 bits per heavy atom. The highest BCUT2D eigenvalue weighted by Gasteiger charge is 2.16. The van der Waals surface area contributed by atoms with Crippen molar-refractivity contribution >= 4 is 39.0 Å². The van der Waals surface area contributed by atoms with E-state index in [4.69, 9.17) is 0 Å². The number of Topliss-reactive ketones (excluding diaryl/α,β-unsaturated/α-hetero) is 1. The zero-order valence-electron chi connectivity index (χ0n) is 12.8. The second-order valence-electron chi connectivity index (χ2n) is 5.45. The number of carbonyl (C=O) groups is 1. The molecule has 0 radical (unpaired) electrons. The van der Waals surface area contributed by atoms with Crippen LogP contribution in [-0.4, -0.2) is 41.7 Å². The Hall–Kier alpha value is -0.880. The second-order valence-corrected chi connectivity index (χ2v) is 7.47. The van der Waals surface area contributed by atoms with Crippen LogP contribution in [0.15, 0.2) is 34.9 Å². The minimum Gasteiger partial charge on any atom is -0.377 e. The number of nitrogens with zero attached hydrogens (tertiary/aromatic N) is 1. The summed E-state index contributed by atoms with van der Waals surface area (Å²) in [5, 5.41) is 0. The van der Waals surface area contributed by atoms with Crippen LogP contribution in [0.5, 0.6) is 0 Å². The first-order chi connectivity index (χ1) is 11.1. The third-order valence-electron chi connectivity index (χ3n) is 3.60. The Morgan fingerprint density at radius 2 is 2.09 bits per heavy atom. The Kier molecular flexibility index (Phi) is 7.56. The average Bonchev–Trinajstić information content (AvgIpc) is 3.02. The Balaban J connectivity index is 2.08. The van der Waals surface area contributed by atoms with Crippen molar-refractivity contribution in [3.63, 3.8) is 0 Å². The standard InChI is InChI=1S/C17H20BrF2NOS/c18-14-5-3-4-13(10-14)15(11-21-7-1-2-8-21)16(22)12-23-9-6-17(19)20/h3-5,10-11,17H,1-2,6-9,12H2/b15-11+. The number of carbonyl (C=O) groups excluding carboxylic acids is 1. The molecule has 0 N–H and O–H groups in total. The number of allylic oxidation sites excluding steroid dienone is 1. The number of hydrogen-bond donors (Lipinski definition) is 0. The highest BCUT2D eigenvalue weighted by Crippen LogP contribution is 2.24. The maximum Gasteiger partial charge on any atom is 0.239 e. The van der Waals surface area contributed by atoms with Crippen LogP contribution < -0.4 is 0 Å². The second kappa shape index (κ2) is 9.42. The number of thioether (sulfide) groups is 1. The van der Waals surface area contributed by atoms with Gasteiger partial charge in [0.1, 0.15) is 0 Å². The lowest BCUT2D eigenvalue weighted by atomic mass is 10.0. The van der Waals surface area contributed by atoms with E-state index in [1.54, 1.807) is 0 Å². The molecule has 0 aromatic heterocycles. The van der Waals surface area contributed by atoms with Gasteiger partial charge in [-0.3, -0.25) is 4.79 Å². The van der Waals surface area contributed by atoms with Crippen molar-refractivity contribution in [1.82, 2.24) is 4.90 Å². The van der Waals surface area contributed by atoms with Gasteiger partial charge in [0.25, 0.3) is 0 Å². The molecular formula is C17H20BrF2NOS. The quantitative estimate of drug-likeness (QED) is 0.457. The predicted octanol–water partition coefficient (Wildman–Crippen LogP) is 4.84. The molecule has 1 aliphatic heterocycles. The third-order valence-corrected chi connectivity index (χ3v) is 5.09. The van der Waals surface area contributed by atoms with E-state index in [0.29, 0.717) is 11.3 Å². The summed E-state index contributed by atoms with van der Waals surface area (Å²) in [6.45, 7) is 1.92. The lowest BCUT2D eigenvalue weighted by Gasteiger charge is -2.15. The largest absolute Gasteiger partial charge is 0.377 e. The van der Waals surface area contributed by atoms with Crippen LogP contribution in [0.1, 0.15) is 24.8 Å². The van der Waals surface area contributed by atoms with Gasteiger partial charge in [-0.1, -0.05) is 28.1 Å². The number of alkyl halides is 2. The molecule has 126 valence electrons. The number of hydrogen-bond acceptors (Lipinski definition) is 3. The van der Waals surface area contributed by atoms with Gasteiger partial charge >= 0.3 is 0 Å². The van der Waals surface area contributed by atoms with E-state index >= 15 is 0 Å². The van der Waals surface area contributed by atoms with E-state index in [2.05, 4.69) is 20.8 Å². The third kappa shape index (κ3) is 6.26. The minimum atomic E-state index is -2.30. The molecule has 1 aliphatic rings. The van der Waals surface area contributed by atoms with Crippen molar-refractivity contribution in [2.24, 2.45) is 0 Å². The molecule has 0 atom stereocenters. The topological polar surface area (TPSA) is 20.3 Å². The Labute approximate surface area is 148 Å². The van der Waals surface area contributed by atoms with Gasteiger partial charge in [-0.05, 0) is 36.3 Å². The van der Waals surface area contributed by atoms with Crippen molar-refractivity contribution in [2.75, 3.05) is 24.6 Å². The van der Waals surface area contributed by atoms with Crippen molar-refractivity contribution in [3.05, 3.63) is 40.5 Å². The molecule has 1 aromatic carbocycles. The molecule has 0 saturated carbocycles. The minimum absolute atomic E-state index is 0.00531. The van der Waals surface area contributed by atoms with Crippen LogP contribution in [0, 0.1) is 0 Å². The summed E-state index contributed by atoms with van der Waals surface area (Å²) in [7, 11) is 0. The summed E-state index contributed by atoms with van der Waals surface area (Å²) in [6.07, 6.45) is 1.74.